The van der Waals surface area contributed by atoms with Crippen LogP contribution >= 0.6 is 0 Å². The summed E-state index contributed by atoms with van der Waals surface area (Å²) in [4.78, 5) is 2.53. The molecule has 1 atom stereocenters. The number of hydrogen-bond donors (Lipinski definition) is 1. The number of hydrogen-bond acceptors (Lipinski definition) is 2. The maximum absolute atomic E-state index is 3.68. The molecule has 2 heteroatoms. The lowest BCUT2D eigenvalue weighted by Gasteiger charge is -2.26. The lowest BCUT2D eigenvalue weighted by molar-refractivity contribution is 0.280. The van der Waals surface area contributed by atoms with E-state index >= 15 is 0 Å². The largest absolute Gasteiger partial charge is 0.313 e. The van der Waals surface area contributed by atoms with E-state index in [2.05, 4.69) is 22.4 Å². The first-order valence-electron chi connectivity index (χ1n) is 6.06. The summed E-state index contributed by atoms with van der Waals surface area (Å²) in [5, 5.41) is 3.68. The summed E-state index contributed by atoms with van der Waals surface area (Å²) in [6.45, 7) is 4.80. The predicted molar refractivity (Wildman–Crippen MR) is 60.5 cm³/mol. The van der Waals surface area contributed by atoms with E-state index in [1.807, 2.05) is 0 Å². The Hall–Kier alpha value is -0.340. The summed E-state index contributed by atoms with van der Waals surface area (Å²) in [7, 11) is 0. The van der Waals surface area contributed by atoms with Crippen LogP contribution in [0.15, 0.2) is 12.2 Å². The van der Waals surface area contributed by atoms with Gasteiger partial charge in [0, 0.05) is 25.7 Å². The van der Waals surface area contributed by atoms with Crippen molar-refractivity contribution in [1.82, 2.24) is 10.2 Å². The van der Waals surface area contributed by atoms with Gasteiger partial charge in [-0.25, -0.2) is 0 Å². The molecule has 2 rings (SSSR count). The molecule has 0 aliphatic carbocycles. The van der Waals surface area contributed by atoms with Crippen LogP contribution in [0.4, 0.5) is 0 Å². The van der Waals surface area contributed by atoms with Gasteiger partial charge in [-0.3, -0.25) is 4.90 Å². The Labute approximate surface area is 87.4 Å². The van der Waals surface area contributed by atoms with Crippen molar-refractivity contribution in [2.75, 3.05) is 26.2 Å². The fourth-order valence-electron chi connectivity index (χ4n) is 2.42. The van der Waals surface area contributed by atoms with Gasteiger partial charge >= 0.3 is 0 Å². The summed E-state index contributed by atoms with van der Waals surface area (Å²) in [5.41, 5.74) is 0. The van der Waals surface area contributed by atoms with Crippen LogP contribution in [0.3, 0.4) is 0 Å². The molecule has 0 radical (unpaired) electrons. The third-order valence-electron chi connectivity index (χ3n) is 3.28. The standard InChI is InChI=1S/C12H22N2/c1-2-4-8-13-12(7-3-1)11-14-9-5-6-10-14/h5-6,12-13H,1-4,7-11H2. The summed E-state index contributed by atoms with van der Waals surface area (Å²) in [6, 6.07) is 0.746. The van der Waals surface area contributed by atoms with Gasteiger partial charge in [-0.15, -0.1) is 0 Å². The van der Waals surface area contributed by atoms with Crippen LogP contribution in [0.5, 0.6) is 0 Å². The highest BCUT2D eigenvalue weighted by Crippen LogP contribution is 2.11. The number of nitrogens with one attached hydrogen (secondary N) is 1. The lowest BCUT2D eigenvalue weighted by Crippen LogP contribution is -2.41. The maximum Gasteiger partial charge on any atom is 0.0195 e. The maximum atomic E-state index is 3.68. The normalized spacial score (nSPS) is 30.1. The molecular formula is C12H22N2. The highest BCUT2D eigenvalue weighted by Gasteiger charge is 2.15. The van der Waals surface area contributed by atoms with Crippen molar-refractivity contribution in [3.05, 3.63) is 12.2 Å². The second kappa shape index (κ2) is 5.52. The monoisotopic (exact) mass is 194 g/mol. The van der Waals surface area contributed by atoms with Gasteiger partial charge in [0.15, 0.2) is 0 Å². The summed E-state index contributed by atoms with van der Waals surface area (Å²) in [5.74, 6) is 0. The van der Waals surface area contributed by atoms with E-state index in [9.17, 15) is 0 Å². The minimum atomic E-state index is 0.746. The van der Waals surface area contributed by atoms with E-state index in [1.165, 1.54) is 45.2 Å². The Morgan fingerprint density at radius 2 is 1.86 bits per heavy atom. The highest BCUT2D eigenvalue weighted by atomic mass is 15.2. The fourth-order valence-corrected chi connectivity index (χ4v) is 2.42. The van der Waals surface area contributed by atoms with Crippen molar-refractivity contribution in [3.8, 4) is 0 Å². The Balaban J connectivity index is 1.71. The molecule has 1 saturated heterocycles. The van der Waals surface area contributed by atoms with Gasteiger partial charge in [0.2, 0.25) is 0 Å². The summed E-state index contributed by atoms with van der Waals surface area (Å²) >= 11 is 0. The van der Waals surface area contributed by atoms with E-state index in [4.69, 9.17) is 0 Å². The zero-order chi connectivity index (χ0) is 9.64. The minimum absolute atomic E-state index is 0.746. The zero-order valence-corrected chi connectivity index (χ0v) is 9.04. The van der Waals surface area contributed by atoms with Gasteiger partial charge in [-0.2, -0.15) is 0 Å². The fraction of sp³-hybridized carbons (Fsp3) is 0.833. The van der Waals surface area contributed by atoms with Crippen molar-refractivity contribution < 1.29 is 0 Å². The molecule has 1 N–H and O–H groups in total. The van der Waals surface area contributed by atoms with Crippen molar-refractivity contribution in [3.63, 3.8) is 0 Å². The van der Waals surface area contributed by atoms with Crippen LogP contribution in [0.25, 0.3) is 0 Å². The third-order valence-corrected chi connectivity index (χ3v) is 3.28. The second-order valence-corrected chi connectivity index (χ2v) is 4.54. The van der Waals surface area contributed by atoms with Gasteiger partial charge in [0.25, 0.3) is 0 Å². The molecule has 0 spiro atoms. The molecule has 80 valence electrons. The van der Waals surface area contributed by atoms with E-state index in [0.717, 1.165) is 19.1 Å². The Kier molecular flexibility index (Phi) is 4.02. The smallest absolute Gasteiger partial charge is 0.0195 e. The van der Waals surface area contributed by atoms with Crippen molar-refractivity contribution in [2.45, 2.75) is 38.1 Å². The number of nitrogens with zero attached hydrogens (tertiary/aromatic N) is 1. The molecule has 0 bridgehead atoms. The number of rotatable bonds is 2. The second-order valence-electron chi connectivity index (χ2n) is 4.54. The van der Waals surface area contributed by atoms with E-state index in [1.54, 1.807) is 0 Å². The van der Waals surface area contributed by atoms with Gasteiger partial charge in [-0.05, 0) is 19.4 Å². The predicted octanol–water partition coefficient (Wildman–Crippen LogP) is 1.78. The molecule has 14 heavy (non-hydrogen) atoms. The first-order chi connectivity index (χ1) is 6.95. The van der Waals surface area contributed by atoms with E-state index in [-0.39, 0.29) is 0 Å². The molecule has 0 saturated carbocycles. The van der Waals surface area contributed by atoms with Crippen molar-refractivity contribution >= 4 is 0 Å². The average molecular weight is 194 g/mol. The van der Waals surface area contributed by atoms with Crippen LogP contribution in [0.1, 0.15) is 32.1 Å². The van der Waals surface area contributed by atoms with Crippen molar-refractivity contribution in [2.24, 2.45) is 0 Å². The van der Waals surface area contributed by atoms with Crippen LogP contribution in [-0.4, -0.2) is 37.1 Å². The Morgan fingerprint density at radius 3 is 2.71 bits per heavy atom. The summed E-state index contributed by atoms with van der Waals surface area (Å²) in [6.07, 6.45) is 11.6. The molecule has 0 aromatic carbocycles. The van der Waals surface area contributed by atoms with Crippen LogP contribution in [-0.2, 0) is 0 Å². The molecule has 2 aliphatic heterocycles. The van der Waals surface area contributed by atoms with Gasteiger partial charge < -0.3 is 5.32 Å². The molecule has 2 nitrogen and oxygen atoms in total. The van der Waals surface area contributed by atoms with E-state index in [0.29, 0.717) is 0 Å². The topological polar surface area (TPSA) is 15.3 Å². The average Bonchev–Trinajstić information content (AvgIpc) is 2.62. The Bertz CT molecular complexity index is 173. The first-order valence-corrected chi connectivity index (χ1v) is 6.06. The minimum Gasteiger partial charge on any atom is -0.313 e. The lowest BCUT2D eigenvalue weighted by atomic mass is 10.0. The molecule has 0 amide bonds. The Morgan fingerprint density at radius 1 is 1.07 bits per heavy atom. The van der Waals surface area contributed by atoms with Gasteiger partial charge in [-0.1, -0.05) is 31.4 Å². The molecule has 2 heterocycles. The first kappa shape index (κ1) is 10.2. The van der Waals surface area contributed by atoms with Gasteiger partial charge in [0.05, 0.1) is 0 Å². The molecule has 0 aromatic heterocycles. The highest BCUT2D eigenvalue weighted by molar-refractivity contribution is 4.96. The van der Waals surface area contributed by atoms with Crippen LogP contribution in [0, 0.1) is 0 Å². The van der Waals surface area contributed by atoms with Gasteiger partial charge in [0.1, 0.15) is 0 Å². The van der Waals surface area contributed by atoms with Crippen molar-refractivity contribution in [1.29, 1.82) is 0 Å². The van der Waals surface area contributed by atoms with Crippen LogP contribution < -0.4 is 5.32 Å². The quantitative estimate of drug-likeness (QED) is 0.674. The SMILES string of the molecule is C1=CCN(CC2CCCCCCN2)C1. The summed E-state index contributed by atoms with van der Waals surface area (Å²) < 4.78 is 0. The molecular weight excluding hydrogens is 172 g/mol. The molecule has 1 unspecified atom stereocenters. The third kappa shape index (κ3) is 3.10. The molecule has 0 aromatic rings. The zero-order valence-electron chi connectivity index (χ0n) is 9.04. The van der Waals surface area contributed by atoms with Crippen LogP contribution in [0.2, 0.25) is 0 Å². The molecule has 1 fully saturated rings. The molecule has 2 aliphatic rings. The van der Waals surface area contributed by atoms with E-state index < -0.39 is 0 Å².